The van der Waals surface area contributed by atoms with Gasteiger partial charge in [-0.3, -0.25) is 0 Å². The summed E-state index contributed by atoms with van der Waals surface area (Å²) in [5.74, 6) is -0.911. The van der Waals surface area contributed by atoms with Crippen LogP contribution >= 0.6 is 23.2 Å². The normalized spacial score (nSPS) is 16.7. The maximum atomic E-state index is 6.07. The minimum absolute atomic E-state index is 0. The standard InChI is InChI=1S/C15H11Cl2O2.Li/c16-13-7-6-12(10-14(13)17)15(18-8-9-19-15)11-4-2-1-3-5-11;/h1-6,10H,8-9H2;/q-1;+1. The van der Waals surface area contributed by atoms with Crippen LogP contribution in [-0.4, -0.2) is 13.2 Å². The molecule has 1 aliphatic heterocycles. The number of halogens is 2. The van der Waals surface area contributed by atoms with Crippen LogP contribution in [0.3, 0.4) is 0 Å². The Morgan fingerprint density at radius 1 is 1.00 bits per heavy atom. The smallest absolute Gasteiger partial charge is 0.350 e. The number of benzene rings is 2. The zero-order valence-electron chi connectivity index (χ0n) is 11.0. The third-order valence-electron chi connectivity index (χ3n) is 3.07. The van der Waals surface area contributed by atoms with Crippen molar-refractivity contribution in [3.8, 4) is 0 Å². The van der Waals surface area contributed by atoms with Gasteiger partial charge >= 0.3 is 18.9 Å². The van der Waals surface area contributed by atoms with E-state index in [2.05, 4.69) is 6.07 Å². The largest absolute Gasteiger partial charge is 1.00 e. The van der Waals surface area contributed by atoms with Crippen molar-refractivity contribution in [2.45, 2.75) is 5.79 Å². The summed E-state index contributed by atoms with van der Waals surface area (Å²) < 4.78 is 11.7. The van der Waals surface area contributed by atoms with E-state index in [-0.39, 0.29) is 18.9 Å². The summed E-state index contributed by atoms with van der Waals surface area (Å²) >= 11 is 12.0. The summed E-state index contributed by atoms with van der Waals surface area (Å²) in [6.07, 6.45) is 0. The molecule has 0 radical (unpaired) electrons. The second kappa shape index (κ2) is 6.53. The van der Waals surface area contributed by atoms with Crippen LogP contribution in [0.5, 0.6) is 0 Å². The molecule has 0 N–H and O–H groups in total. The van der Waals surface area contributed by atoms with E-state index in [1.165, 1.54) is 0 Å². The van der Waals surface area contributed by atoms with Crippen LogP contribution < -0.4 is 18.9 Å². The molecule has 2 nitrogen and oxygen atoms in total. The van der Waals surface area contributed by atoms with E-state index in [1.807, 2.05) is 30.3 Å². The third-order valence-corrected chi connectivity index (χ3v) is 3.78. The van der Waals surface area contributed by atoms with Crippen molar-refractivity contribution < 1.29 is 28.3 Å². The Morgan fingerprint density at radius 3 is 2.25 bits per heavy atom. The molecule has 0 saturated carbocycles. The number of hydrogen-bond donors (Lipinski definition) is 0. The van der Waals surface area contributed by atoms with E-state index in [9.17, 15) is 0 Å². The summed E-state index contributed by atoms with van der Waals surface area (Å²) in [6.45, 7) is 1.07. The van der Waals surface area contributed by atoms with E-state index in [1.54, 1.807) is 12.1 Å². The Labute approximate surface area is 140 Å². The first-order chi connectivity index (χ1) is 9.22. The summed E-state index contributed by atoms with van der Waals surface area (Å²) in [6, 6.07) is 16.2. The Balaban J connectivity index is 0.00000147. The molecule has 2 aromatic carbocycles. The molecule has 0 aliphatic carbocycles. The van der Waals surface area contributed by atoms with Gasteiger partial charge in [-0.15, -0.1) is 17.7 Å². The van der Waals surface area contributed by atoms with Gasteiger partial charge < -0.3 is 9.47 Å². The molecule has 1 saturated heterocycles. The number of ether oxygens (including phenoxy) is 2. The molecule has 1 heterocycles. The average molecular weight is 301 g/mol. The minimum Gasteiger partial charge on any atom is -0.350 e. The van der Waals surface area contributed by atoms with E-state index in [0.717, 1.165) is 11.1 Å². The molecule has 0 atom stereocenters. The molecule has 98 valence electrons. The van der Waals surface area contributed by atoms with E-state index in [4.69, 9.17) is 32.7 Å². The van der Waals surface area contributed by atoms with Crippen molar-refractivity contribution >= 4 is 23.2 Å². The molecular weight excluding hydrogens is 290 g/mol. The van der Waals surface area contributed by atoms with E-state index >= 15 is 0 Å². The molecule has 0 aromatic heterocycles. The van der Waals surface area contributed by atoms with Crippen LogP contribution in [0.1, 0.15) is 11.1 Å². The molecule has 0 amide bonds. The molecule has 0 spiro atoms. The SMILES string of the molecule is Clc1[c-]cc(C2(c3ccccc3)OCCO2)cc1Cl.[Li+]. The van der Waals surface area contributed by atoms with Crippen LogP contribution in [0, 0.1) is 6.07 Å². The van der Waals surface area contributed by atoms with Gasteiger partial charge in [-0.2, -0.15) is 23.7 Å². The van der Waals surface area contributed by atoms with Crippen molar-refractivity contribution in [2.24, 2.45) is 0 Å². The summed E-state index contributed by atoms with van der Waals surface area (Å²) in [5, 5.41) is 0.834. The Bertz CT molecular complexity index is 584. The second-order valence-electron chi connectivity index (χ2n) is 4.23. The topological polar surface area (TPSA) is 18.5 Å². The van der Waals surface area contributed by atoms with Gasteiger partial charge in [0.15, 0.2) is 5.79 Å². The average Bonchev–Trinajstić information content (AvgIpc) is 2.93. The minimum atomic E-state index is -0.911. The van der Waals surface area contributed by atoms with Gasteiger partial charge in [0, 0.05) is 5.56 Å². The quantitative estimate of drug-likeness (QED) is 0.610. The fourth-order valence-corrected chi connectivity index (χ4v) is 2.49. The van der Waals surface area contributed by atoms with E-state index < -0.39 is 5.79 Å². The Kier molecular flexibility index (Phi) is 5.20. The molecular formula is C15H11Cl2LiO2. The van der Waals surface area contributed by atoms with Crippen LogP contribution in [0.25, 0.3) is 0 Å². The van der Waals surface area contributed by atoms with Gasteiger partial charge in [0.1, 0.15) is 0 Å². The zero-order valence-corrected chi connectivity index (χ0v) is 12.5. The monoisotopic (exact) mass is 300 g/mol. The molecule has 5 heteroatoms. The van der Waals surface area contributed by atoms with Crippen molar-refractivity contribution in [2.75, 3.05) is 13.2 Å². The first-order valence-electron chi connectivity index (χ1n) is 5.93. The first kappa shape index (κ1) is 15.9. The van der Waals surface area contributed by atoms with Crippen LogP contribution in [0.15, 0.2) is 42.5 Å². The zero-order chi connectivity index (χ0) is 13.3. The van der Waals surface area contributed by atoms with Gasteiger partial charge in [0.25, 0.3) is 0 Å². The fraction of sp³-hybridized carbons (Fsp3) is 0.200. The fourth-order valence-electron chi connectivity index (χ4n) is 2.21. The van der Waals surface area contributed by atoms with Crippen LogP contribution in [-0.2, 0) is 15.3 Å². The summed E-state index contributed by atoms with van der Waals surface area (Å²) in [4.78, 5) is 0. The number of rotatable bonds is 2. The molecule has 3 rings (SSSR count). The Morgan fingerprint density at radius 2 is 1.65 bits per heavy atom. The van der Waals surface area contributed by atoms with Gasteiger partial charge in [0.05, 0.1) is 13.2 Å². The molecule has 20 heavy (non-hydrogen) atoms. The third kappa shape index (κ3) is 2.78. The van der Waals surface area contributed by atoms with Crippen molar-refractivity contribution in [1.82, 2.24) is 0 Å². The number of hydrogen-bond acceptors (Lipinski definition) is 2. The van der Waals surface area contributed by atoms with Gasteiger partial charge in [-0.1, -0.05) is 45.9 Å². The molecule has 0 unspecified atom stereocenters. The van der Waals surface area contributed by atoms with Gasteiger partial charge in [-0.05, 0) is 0 Å². The van der Waals surface area contributed by atoms with Crippen molar-refractivity contribution in [1.29, 1.82) is 0 Å². The van der Waals surface area contributed by atoms with Crippen LogP contribution in [0.2, 0.25) is 10.0 Å². The van der Waals surface area contributed by atoms with Crippen molar-refractivity contribution in [3.63, 3.8) is 0 Å². The predicted molar refractivity (Wildman–Crippen MR) is 74.4 cm³/mol. The molecule has 0 bridgehead atoms. The second-order valence-corrected chi connectivity index (χ2v) is 5.01. The molecule has 1 aliphatic rings. The Hall–Kier alpha value is -0.463. The predicted octanol–water partition coefficient (Wildman–Crippen LogP) is 1.05. The first-order valence-corrected chi connectivity index (χ1v) is 6.68. The maximum Gasteiger partial charge on any atom is 1.00 e. The molecule has 2 aromatic rings. The van der Waals surface area contributed by atoms with Gasteiger partial charge in [-0.25, -0.2) is 0 Å². The van der Waals surface area contributed by atoms with Crippen molar-refractivity contribution in [3.05, 3.63) is 69.7 Å². The van der Waals surface area contributed by atoms with Gasteiger partial charge in [0.2, 0.25) is 0 Å². The van der Waals surface area contributed by atoms with Crippen LogP contribution in [0.4, 0.5) is 0 Å². The summed E-state index contributed by atoms with van der Waals surface area (Å²) in [5.41, 5.74) is 1.73. The summed E-state index contributed by atoms with van der Waals surface area (Å²) in [7, 11) is 0. The van der Waals surface area contributed by atoms with E-state index in [0.29, 0.717) is 23.3 Å². The molecule has 1 fully saturated rings. The maximum absolute atomic E-state index is 6.07.